The predicted molar refractivity (Wildman–Crippen MR) is 98.0 cm³/mol. The summed E-state index contributed by atoms with van der Waals surface area (Å²) in [5.74, 6) is -0.915. The van der Waals surface area contributed by atoms with Crippen molar-refractivity contribution in [2.24, 2.45) is 4.99 Å². The Bertz CT molecular complexity index is 790. The number of carboxylic acids is 1. The van der Waals surface area contributed by atoms with Gasteiger partial charge in [0.2, 0.25) is 0 Å². The van der Waals surface area contributed by atoms with Gasteiger partial charge in [0.1, 0.15) is 0 Å². The van der Waals surface area contributed by atoms with Crippen molar-refractivity contribution in [1.29, 1.82) is 0 Å². The van der Waals surface area contributed by atoms with Crippen LogP contribution in [0.2, 0.25) is 0 Å². The van der Waals surface area contributed by atoms with Gasteiger partial charge in [-0.25, -0.2) is 4.79 Å². The Hall–Kier alpha value is -2.62. The number of aromatic carboxylic acids is 1. The molecule has 0 aliphatic carbocycles. The molecular weight excluding hydrogens is 300 g/mol. The van der Waals surface area contributed by atoms with Gasteiger partial charge in [-0.1, -0.05) is 6.07 Å². The molecule has 1 aliphatic heterocycles. The van der Waals surface area contributed by atoms with E-state index >= 15 is 0 Å². The van der Waals surface area contributed by atoms with Gasteiger partial charge in [-0.05, 0) is 73.7 Å². The maximum absolute atomic E-state index is 11.0. The van der Waals surface area contributed by atoms with E-state index in [0.29, 0.717) is 0 Å². The predicted octanol–water partition coefficient (Wildman–Crippen LogP) is 4.35. The van der Waals surface area contributed by atoms with Crippen LogP contribution in [0.15, 0.2) is 41.4 Å². The summed E-state index contributed by atoms with van der Waals surface area (Å²) in [6.07, 6.45) is 4.38. The highest BCUT2D eigenvalue weighted by atomic mass is 16.4. The lowest BCUT2D eigenvalue weighted by Gasteiger charge is -2.20. The quantitative estimate of drug-likeness (QED) is 0.851. The molecule has 1 aliphatic rings. The number of carbonyl (C=O) groups is 1. The summed E-state index contributed by atoms with van der Waals surface area (Å²) in [6.45, 7) is 6.30. The van der Waals surface area contributed by atoms with E-state index in [1.54, 1.807) is 18.2 Å². The Kier molecular flexibility index (Phi) is 4.65. The van der Waals surface area contributed by atoms with Crippen molar-refractivity contribution in [3.63, 3.8) is 0 Å². The molecule has 0 saturated carbocycles. The fourth-order valence-electron chi connectivity index (χ4n) is 3.15. The Morgan fingerprint density at radius 3 is 2.46 bits per heavy atom. The van der Waals surface area contributed by atoms with Crippen molar-refractivity contribution >= 4 is 23.6 Å². The van der Waals surface area contributed by atoms with Crippen LogP contribution < -0.4 is 4.90 Å². The number of rotatable bonds is 4. The van der Waals surface area contributed by atoms with Gasteiger partial charge in [0.15, 0.2) is 0 Å². The number of anilines is 1. The SMILES string of the molecule is Cc1cc(C(=O)O)ccc1N=Cc1ccc(N2CCCC2)c(C)c1. The molecule has 2 aromatic rings. The lowest BCUT2D eigenvalue weighted by molar-refractivity contribution is 0.0697. The Morgan fingerprint density at radius 1 is 1.08 bits per heavy atom. The van der Waals surface area contributed by atoms with Crippen molar-refractivity contribution in [3.8, 4) is 0 Å². The molecular formula is C20H22N2O2. The number of benzene rings is 2. The summed E-state index contributed by atoms with van der Waals surface area (Å²) >= 11 is 0. The van der Waals surface area contributed by atoms with E-state index in [0.717, 1.165) is 29.9 Å². The largest absolute Gasteiger partial charge is 0.478 e. The molecule has 0 amide bonds. The summed E-state index contributed by atoms with van der Waals surface area (Å²) in [5.41, 5.74) is 5.57. The lowest BCUT2D eigenvalue weighted by Crippen LogP contribution is -2.18. The topological polar surface area (TPSA) is 52.9 Å². The molecule has 3 rings (SSSR count). The summed E-state index contributed by atoms with van der Waals surface area (Å²) in [5, 5.41) is 9.01. The van der Waals surface area contributed by atoms with Crippen LogP contribution in [0.1, 0.15) is 39.9 Å². The average molecular weight is 322 g/mol. The van der Waals surface area contributed by atoms with Crippen LogP contribution in [-0.2, 0) is 0 Å². The van der Waals surface area contributed by atoms with E-state index in [4.69, 9.17) is 5.11 Å². The van der Waals surface area contributed by atoms with E-state index in [1.165, 1.54) is 24.1 Å². The van der Waals surface area contributed by atoms with E-state index in [-0.39, 0.29) is 5.56 Å². The van der Waals surface area contributed by atoms with Gasteiger partial charge >= 0.3 is 5.97 Å². The molecule has 0 unspecified atom stereocenters. The summed E-state index contributed by atoms with van der Waals surface area (Å²) < 4.78 is 0. The van der Waals surface area contributed by atoms with E-state index in [2.05, 4.69) is 35.0 Å². The zero-order valence-corrected chi connectivity index (χ0v) is 14.1. The Labute approximate surface area is 142 Å². The first-order valence-corrected chi connectivity index (χ1v) is 8.28. The highest BCUT2D eigenvalue weighted by Gasteiger charge is 2.14. The van der Waals surface area contributed by atoms with Crippen molar-refractivity contribution < 1.29 is 9.90 Å². The van der Waals surface area contributed by atoms with E-state index in [1.807, 2.05) is 13.1 Å². The first kappa shape index (κ1) is 16.2. The number of nitrogens with zero attached hydrogens (tertiary/aromatic N) is 2. The van der Waals surface area contributed by atoms with Crippen LogP contribution >= 0.6 is 0 Å². The second-order valence-electron chi connectivity index (χ2n) is 6.30. The van der Waals surface area contributed by atoms with E-state index in [9.17, 15) is 4.79 Å². The van der Waals surface area contributed by atoms with Gasteiger partial charge in [-0.3, -0.25) is 4.99 Å². The molecule has 24 heavy (non-hydrogen) atoms. The van der Waals surface area contributed by atoms with Gasteiger partial charge < -0.3 is 10.0 Å². The van der Waals surface area contributed by atoms with E-state index < -0.39 is 5.97 Å². The molecule has 0 aromatic heterocycles. The number of aryl methyl sites for hydroxylation is 2. The number of hydrogen-bond acceptors (Lipinski definition) is 3. The molecule has 1 heterocycles. The first-order valence-electron chi connectivity index (χ1n) is 8.28. The van der Waals surface area contributed by atoms with Crippen LogP contribution in [0.4, 0.5) is 11.4 Å². The second-order valence-corrected chi connectivity index (χ2v) is 6.30. The highest BCUT2D eigenvalue weighted by Crippen LogP contribution is 2.25. The van der Waals surface area contributed by atoms with Crippen molar-refractivity contribution in [2.45, 2.75) is 26.7 Å². The van der Waals surface area contributed by atoms with Crippen LogP contribution in [0.3, 0.4) is 0 Å². The molecule has 1 fully saturated rings. The zero-order valence-electron chi connectivity index (χ0n) is 14.1. The van der Waals surface area contributed by atoms with Crippen LogP contribution in [0, 0.1) is 13.8 Å². The monoisotopic (exact) mass is 322 g/mol. The minimum Gasteiger partial charge on any atom is -0.478 e. The normalized spacial score (nSPS) is 14.5. The molecule has 1 saturated heterocycles. The minimum absolute atomic E-state index is 0.289. The lowest BCUT2D eigenvalue weighted by atomic mass is 10.1. The van der Waals surface area contributed by atoms with Gasteiger partial charge in [0.05, 0.1) is 11.3 Å². The molecule has 4 heteroatoms. The van der Waals surface area contributed by atoms with Gasteiger partial charge in [0, 0.05) is 25.0 Å². The third-order valence-electron chi connectivity index (χ3n) is 4.46. The van der Waals surface area contributed by atoms with Gasteiger partial charge in [-0.15, -0.1) is 0 Å². The fourth-order valence-corrected chi connectivity index (χ4v) is 3.15. The molecule has 0 radical (unpaired) electrons. The van der Waals surface area contributed by atoms with Crippen LogP contribution in [-0.4, -0.2) is 30.4 Å². The van der Waals surface area contributed by atoms with Crippen molar-refractivity contribution in [1.82, 2.24) is 0 Å². The average Bonchev–Trinajstić information content (AvgIpc) is 3.07. The smallest absolute Gasteiger partial charge is 0.335 e. The molecule has 4 nitrogen and oxygen atoms in total. The highest BCUT2D eigenvalue weighted by molar-refractivity contribution is 5.89. The second kappa shape index (κ2) is 6.87. The van der Waals surface area contributed by atoms with Crippen LogP contribution in [0.25, 0.3) is 0 Å². The van der Waals surface area contributed by atoms with Crippen molar-refractivity contribution in [2.75, 3.05) is 18.0 Å². The first-order chi connectivity index (χ1) is 11.5. The standard InChI is InChI=1S/C20H22N2O2/c1-14-12-17(20(23)24)6-7-18(14)21-13-16-5-8-19(15(2)11-16)22-9-3-4-10-22/h5-8,11-13H,3-4,9-10H2,1-2H3,(H,23,24). The Morgan fingerprint density at radius 2 is 1.83 bits per heavy atom. The summed E-state index contributed by atoms with van der Waals surface area (Å²) in [4.78, 5) is 17.9. The fraction of sp³-hybridized carbons (Fsp3) is 0.300. The third kappa shape index (κ3) is 3.48. The van der Waals surface area contributed by atoms with Crippen molar-refractivity contribution in [3.05, 3.63) is 58.7 Å². The number of aliphatic imine (C=N–C) groups is 1. The molecule has 124 valence electrons. The molecule has 1 N–H and O–H groups in total. The molecule has 0 atom stereocenters. The van der Waals surface area contributed by atoms with Crippen LogP contribution in [0.5, 0.6) is 0 Å². The molecule has 0 spiro atoms. The maximum atomic E-state index is 11.0. The molecule has 2 aromatic carbocycles. The molecule has 0 bridgehead atoms. The third-order valence-corrected chi connectivity index (χ3v) is 4.46. The summed E-state index contributed by atoms with van der Waals surface area (Å²) in [7, 11) is 0. The zero-order chi connectivity index (χ0) is 17.1. The number of carboxylic acid groups (broad SMARTS) is 1. The Balaban J connectivity index is 1.79. The number of hydrogen-bond donors (Lipinski definition) is 1. The minimum atomic E-state index is -0.915. The maximum Gasteiger partial charge on any atom is 0.335 e. The van der Waals surface area contributed by atoms with Gasteiger partial charge in [0.25, 0.3) is 0 Å². The van der Waals surface area contributed by atoms with Gasteiger partial charge in [-0.2, -0.15) is 0 Å². The summed E-state index contributed by atoms with van der Waals surface area (Å²) in [6, 6.07) is 11.4.